The van der Waals surface area contributed by atoms with E-state index in [9.17, 15) is 14.4 Å². The van der Waals surface area contributed by atoms with Crippen LogP contribution in [0.15, 0.2) is 72.9 Å². The van der Waals surface area contributed by atoms with Crippen LogP contribution in [0, 0.1) is 0 Å². The summed E-state index contributed by atoms with van der Waals surface area (Å²) >= 11 is 0. The fourth-order valence-corrected chi connectivity index (χ4v) is 7.86. The van der Waals surface area contributed by atoms with Gasteiger partial charge in [0.1, 0.15) is 13.2 Å². The highest BCUT2D eigenvalue weighted by molar-refractivity contribution is 5.71. The molecule has 0 fully saturated rings. The van der Waals surface area contributed by atoms with Gasteiger partial charge in [0.05, 0.1) is 0 Å². The summed E-state index contributed by atoms with van der Waals surface area (Å²) in [5.74, 6) is -0.923. The average Bonchev–Trinajstić information content (AvgIpc) is 3.31. The highest BCUT2D eigenvalue weighted by Gasteiger charge is 2.19. The van der Waals surface area contributed by atoms with Crippen molar-refractivity contribution >= 4 is 17.9 Å². The number of ether oxygens (including phenoxy) is 3. The lowest BCUT2D eigenvalue weighted by Gasteiger charge is -2.18. The molecule has 0 saturated carbocycles. The minimum atomic E-state index is -0.791. The minimum Gasteiger partial charge on any atom is -0.462 e. The molecule has 0 bridgehead atoms. The van der Waals surface area contributed by atoms with Gasteiger partial charge >= 0.3 is 17.9 Å². The molecule has 0 aromatic heterocycles. The second kappa shape index (κ2) is 54.5. The van der Waals surface area contributed by atoms with Gasteiger partial charge in [0.15, 0.2) is 6.10 Å². The summed E-state index contributed by atoms with van der Waals surface area (Å²) in [5, 5.41) is 0. The molecule has 0 aromatic rings. The number of esters is 3. The van der Waals surface area contributed by atoms with E-state index in [0.29, 0.717) is 19.3 Å². The third-order valence-electron chi connectivity index (χ3n) is 12.1. The number of unbranched alkanes of at least 4 members (excludes halogenated alkanes) is 31. The molecule has 6 heteroatoms. The Kier molecular flexibility index (Phi) is 51.9. The number of rotatable bonds is 50. The van der Waals surface area contributed by atoms with Gasteiger partial charge in [0.2, 0.25) is 0 Å². The van der Waals surface area contributed by atoms with E-state index in [2.05, 4.69) is 63.3 Å². The Hall–Kier alpha value is -3.15. The molecule has 0 rings (SSSR count). The maximum absolute atomic E-state index is 12.8. The molecule has 0 aromatic carbocycles. The molecule has 6 nitrogen and oxygen atoms in total. The van der Waals surface area contributed by atoms with Gasteiger partial charge in [-0.1, -0.05) is 261 Å². The van der Waals surface area contributed by atoms with Crippen LogP contribution in [0.4, 0.5) is 0 Å². The molecule has 0 saturated heterocycles. The summed E-state index contributed by atoms with van der Waals surface area (Å²) in [6.45, 7) is 6.46. The first-order chi connectivity index (χ1) is 32.5. The number of carbonyl (C=O) groups excluding carboxylic acids is 3. The molecule has 380 valence electrons. The number of allylic oxidation sites excluding steroid dienone is 12. The Bertz CT molecular complexity index is 1240. The van der Waals surface area contributed by atoms with Gasteiger partial charge in [-0.3, -0.25) is 14.4 Å². The molecule has 0 spiro atoms. The molecule has 1 unspecified atom stereocenters. The summed E-state index contributed by atoms with van der Waals surface area (Å²) in [6, 6.07) is 0. The smallest absolute Gasteiger partial charge is 0.306 e. The lowest BCUT2D eigenvalue weighted by molar-refractivity contribution is -0.167. The van der Waals surface area contributed by atoms with E-state index < -0.39 is 6.10 Å². The third kappa shape index (κ3) is 51.8. The molecule has 0 heterocycles. The van der Waals surface area contributed by atoms with Gasteiger partial charge in [0, 0.05) is 19.3 Å². The monoisotopic (exact) mass is 921 g/mol. The van der Waals surface area contributed by atoms with E-state index in [0.717, 1.165) is 70.6 Å². The summed E-state index contributed by atoms with van der Waals surface area (Å²) in [7, 11) is 0. The Morgan fingerprint density at radius 2 is 0.591 bits per heavy atom. The van der Waals surface area contributed by atoms with E-state index in [1.165, 1.54) is 161 Å². The van der Waals surface area contributed by atoms with Gasteiger partial charge in [-0.2, -0.15) is 0 Å². The van der Waals surface area contributed by atoms with Crippen LogP contribution in [0.5, 0.6) is 0 Å². The van der Waals surface area contributed by atoms with Crippen LogP contribution < -0.4 is 0 Å². The summed E-state index contributed by atoms with van der Waals surface area (Å²) < 4.78 is 16.8. The SMILES string of the molecule is CC/C=C/C=C/C=C/C=C/CCCCCC(=O)OCC(COC(=O)CCCCCCCCCCCC/C=C/C=C/CCCCC)OC(=O)CCCCCCCCCCCCCCCCCC. The van der Waals surface area contributed by atoms with Crippen LogP contribution in [0.2, 0.25) is 0 Å². The highest BCUT2D eigenvalue weighted by atomic mass is 16.6. The van der Waals surface area contributed by atoms with Crippen molar-refractivity contribution in [1.29, 1.82) is 0 Å². The number of carbonyl (C=O) groups is 3. The average molecular weight is 921 g/mol. The van der Waals surface area contributed by atoms with Gasteiger partial charge in [-0.05, 0) is 64.2 Å². The Balaban J connectivity index is 4.38. The first-order valence-corrected chi connectivity index (χ1v) is 28.0. The zero-order chi connectivity index (χ0) is 47.9. The largest absolute Gasteiger partial charge is 0.462 e. The molecule has 66 heavy (non-hydrogen) atoms. The summed E-state index contributed by atoms with van der Waals surface area (Å²) in [6.07, 6.45) is 68.9. The fourth-order valence-electron chi connectivity index (χ4n) is 7.86. The molecule has 0 aliphatic heterocycles. The van der Waals surface area contributed by atoms with Crippen molar-refractivity contribution in [1.82, 2.24) is 0 Å². The van der Waals surface area contributed by atoms with Crippen molar-refractivity contribution in [3.8, 4) is 0 Å². The Morgan fingerprint density at radius 3 is 0.985 bits per heavy atom. The lowest BCUT2D eigenvalue weighted by atomic mass is 10.0. The van der Waals surface area contributed by atoms with E-state index in [4.69, 9.17) is 14.2 Å². The maximum atomic E-state index is 12.8. The van der Waals surface area contributed by atoms with Crippen molar-refractivity contribution in [2.75, 3.05) is 13.2 Å². The predicted molar refractivity (Wildman–Crippen MR) is 284 cm³/mol. The normalized spacial score (nSPS) is 12.6. The van der Waals surface area contributed by atoms with Gasteiger partial charge in [-0.15, -0.1) is 0 Å². The van der Waals surface area contributed by atoms with E-state index >= 15 is 0 Å². The van der Waals surface area contributed by atoms with Crippen LogP contribution in [0.1, 0.15) is 271 Å². The first-order valence-electron chi connectivity index (χ1n) is 28.0. The fraction of sp³-hybridized carbons (Fsp3) is 0.750. The standard InChI is InChI=1S/C60H104O6/c1-4-7-10-13-16-19-22-25-27-29-30-31-33-35-38-41-44-47-50-53-59(62)65-56-57(55-64-58(61)52-49-46-43-40-37-34-24-21-18-15-12-9-6-3)66-60(63)54-51-48-45-42-39-36-32-28-26-23-20-17-14-11-8-5-2/h9,12,15-16,18-19,21-22,24-25,34,37,57H,4-8,10-11,13-14,17,20,23,26-33,35-36,38-56H2,1-3H3/b12-9+,18-15+,19-16+,24-21+,25-22+,37-34+. The van der Waals surface area contributed by atoms with Crippen molar-refractivity contribution in [2.24, 2.45) is 0 Å². The Labute approximate surface area is 408 Å². The second-order valence-electron chi connectivity index (χ2n) is 18.6. The third-order valence-corrected chi connectivity index (χ3v) is 12.1. The molecular formula is C60H104O6. The molecule has 0 N–H and O–H groups in total. The number of hydrogen-bond donors (Lipinski definition) is 0. The number of hydrogen-bond acceptors (Lipinski definition) is 6. The van der Waals surface area contributed by atoms with Crippen LogP contribution in [0.3, 0.4) is 0 Å². The van der Waals surface area contributed by atoms with Crippen molar-refractivity contribution in [2.45, 2.75) is 277 Å². The van der Waals surface area contributed by atoms with Crippen LogP contribution in [-0.4, -0.2) is 37.2 Å². The van der Waals surface area contributed by atoms with E-state index in [1.807, 2.05) is 30.4 Å². The molecule has 0 radical (unpaired) electrons. The minimum absolute atomic E-state index is 0.0880. The predicted octanol–water partition coefficient (Wildman–Crippen LogP) is 18.6. The first kappa shape index (κ1) is 62.8. The molecule has 1 atom stereocenters. The molecular weight excluding hydrogens is 817 g/mol. The van der Waals surface area contributed by atoms with Crippen LogP contribution in [0.25, 0.3) is 0 Å². The van der Waals surface area contributed by atoms with Crippen LogP contribution >= 0.6 is 0 Å². The summed E-state index contributed by atoms with van der Waals surface area (Å²) in [4.78, 5) is 38.1. The topological polar surface area (TPSA) is 78.9 Å². The van der Waals surface area contributed by atoms with Crippen molar-refractivity contribution in [3.05, 3.63) is 72.9 Å². The van der Waals surface area contributed by atoms with Crippen molar-refractivity contribution in [3.63, 3.8) is 0 Å². The van der Waals surface area contributed by atoms with E-state index in [1.54, 1.807) is 0 Å². The van der Waals surface area contributed by atoms with Gasteiger partial charge in [0.25, 0.3) is 0 Å². The molecule has 0 aliphatic rings. The van der Waals surface area contributed by atoms with Crippen LogP contribution in [-0.2, 0) is 28.6 Å². The molecule has 0 aliphatic carbocycles. The zero-order valence-electron chi connectivity index (χ0n) is 43.4. The zero-order valence-corrected chi connectivity index (χ0v) is 43.4. The highest BCUT2D eigenvalue weighted by Crippen LogP contribution is 2.16. The van der Waals surface area contributed by atoms with Gasteiger partial charge < -0.3 is 14.2 Å². The quantitative estimate of drug-likeness (QED) is 0.0262. The Morgan fingerprint density at radius 1 is 0.318 bits per heavy atom. The second-order valence-corrected chi connectivity index (χ2v) is 18.6. The maximum Gasteiger partial charge on any atom is 0.306 e. The van der Waals surface area contributed by atoms with E-state index in [-0.39, 0.29) is 31.1 Å². The molecule has 0 amide bonds. The van der Waals surface area contributed by atoms with Crippen molar-refractivity contribution < 1.29 is 28.6 Å². The van der Waals surface area contributed by atoms with Gasteiger partial charge in [-0.25, -0.2) is 0 Å². The lowest BCUT2D eigenvalue weighted by Crippen LogP contribution is -2.30. The summed E-state index contributed by atoms with van der Waals surface area (Å²) in [5.41, 5.74) is 0.